The second-order valence-corrected chi connectivity index (χ2v) is 5.24. The van der Waals surface area contributed by atoms with Crippen molar-refractivity contribution >= 4 is 21.7 Å². The number of rotatable bonds is 1. The summed E-state index contributed by atoms with van der Waals surface area (Å²) in [5.74, 6) is 1.71. The summed E-state index contributed by atoms with van der Waals surface area (Å²) in [6, 6.07) is 2.10. The Morgan fingerprint density at radius 2 is 2.11 bits per heavy atom. The second kappa shape index (κ2) is 5.42. The summed E-state index contributed by atoms with van der Waals surface area (Å²) in [5, 5.41) is 3.31. The Morgan fingerprint density at radius 1 is 1.28 bits per heavy atom. The molecule has 0 radical (unpaired) electrons. The lowest BCUT2D eigenvalue weighted by molar-refractivity contribution is 0.122. The van der Waals surface area contributed by atoms with Crippen LogP contribution in [0.15, 0.2) is 10.5 Å². The largest absolute Gasteiger partial charge is 0.476 e. The molecule has 2 aliphatic rings. The molecule has 0 unspecified atom stereocenters. The number of nitrogens with zero attached hydrogens (tertiary/aromatic N) is 2. The SMILES string of the molecule is Brc1cc2c(nc1N1CCOCC1)OCCNC2. The molecule has 3 heterocycles. The molecule has 0 amide bonds. The van der Waals surface area contributed by atoms with Crippen LogP contribution in [0.4, 0.5) is 5.82 Å². The standard InChI is InChI=1S/C12H16BrN3O2/c13-10-7-9-8-14-1-4-18-12(9)15-11(10)16-2-5-17-6-3-16/h7,14H,1-6,8H2. The van der Waals surface area contributed by atoms with Crippen LogP contribution >= 0.6 is 15.9 Å². The summed E-state index contributed by atoms with van der Waals surface area (Å²) in [5.41, 5.74) is 1.11. The molecule has 0 bridgehead atoms. The van der Waals surface area contributed by atoms with E-state index in [4.69, 9.17) is 9.47 Å². The minimum absolute atomic E-state index is 0.671. The zero-order valence-electron chi connectivity index (χ0n) is 10.1. The van der Waals surface area contributed by atoms with Crippen molar-refractivity contribution < 1.29 is 9.47 Å². The summed E-state index contributed by atoms with van der Waals surface area (Å²) < 4.78 is 12.1. The van der Waals surface area contributed by atoms with Gasteiger partial charge in [-0.3, -0.25) is 0 Å². The maximum absolute atomic E-state index is 5.68. The Kier molecular flexibility index (Phi) is 3.67. The number of hydrogen-bond donors (Lipinski definition) is 1. The highest BCUT2D eigenvalue weighted by Crippen LogP contribution is 2.31. The van der Waals surface area contributed by atoms with Gasteiger partial charge in [-0.25, -0.2) is 0 Å². The third-order valence-electron chi connectivity index (χ3n) is 3.14. The first-order valence-electron chi connectivity index (χ1n) is 6.20. The molecule has 0 aliphatic carbocycles. The van der Waals surface area contributed by atoms with Crippen molar-refractivity contribution in [3.05, 3.63) is 16.1 Å². The average Bonchev–Trinajstić information content (AvgIpc) is 2.63. The molecule has 5 nitrogen and oxygen atoms in total. The van der Waals surface area contributed by atoms with Crippen molar-refractivity contribution in [1.82, 2.24) is 10.3 Å². The maximum atomic E-state index is 5.68. The van der Waals surface area contributed by atoms with Crippen LogP contribution in [0.25, 0.3) is 0 Å². The molecule has 0 saturated carbocycles. The highest BCUT2D eigenvalue weighted by atomic mass is 79.9. The molecular weight excluding hydrogens is 298 g/mol. The van der Waals surface area contributed by atoms with Crippen molar-refractivity contribution in [3.63, 3.8) is 0 Å². The van der Waals surface area contributed by atoms with E-state index in [-0.39, 0.29) is 0 Å². The van der Waals surface area contributed by atoms with Crippen LogP contribution in [0.5, 0.6) is 5.88 Å². The van der Waals surface area contributed by atoms with Crippen molar-refractivity contribution in [2.24, 2.45) is 0 Å². The number of fused-ring (bicyclic) bond motifs is 1. The summed E-state index contributed by atoms with van der Waals surface area (Å²) in [7, 11) is 0. The van der Waals surface area contributed by atoms with Gasteiger partial charge in [0, 0.05) is 31.7 Å². The molecule has 1 aromatic rings. The van der Waals surface area contributed by atoms with Crippen LogP contribution in [-0.2, 0) is 11.3 Å². The minimum Gasteiger partial charge on any atom is -0.476 e. The molecule has 0 aromatic carbocycles. The number of ether oxygens (including phenoxy) is 2. The number of aromatic nitrogens is 1. The van der Waals surface area contributed by atoms with Gasteiger partial charge in [0.05, 0.1) is 17.7 Å². The van der Waals surface area contributed by atoms with Gasteiger partial charge in [0.2, 0.25) is 5.88 Å². The van der Waals surface area contributed by atoms with Crippen LogP contribution < -0.4 is 15.0 Å². The van der Waals surface area contributed by atoms with Gasteiger partial charge < -0.3 is 19.7 Å². The highest BCUT2D eigenvalue weighted by molar-refractivity contribution is 9.10. The van der Waals surface area contributed by atoms with Gasteiger partial charge in [-0.15, -0.1) is 0 Å². The van der Waals surface area contributed by atoms with Crippen LogP contribution in [0.2, 0.25) is 0 Å². The molecule has 18 heavy (non-hydrogen) atoms. The summed E-state index contributed by atoms with van der Waals surface area (Å²) in [6.07, 6.45) is 0. The van der Waals surface area contributed by atoms with Gasteiger partial charge in [0.25, 0.3) is 0 Å². The number of nitrogens with one attached hydrogen (secondary N) is 1. The lowest BCUT2D eigenvalue weighted by Gasteiger charge is -2.29. The first-order valence-corrected chi connectivity index (χ1v) is 6.99. The molecule has 1 fully saturated rings. The van der Waals surface area contributed by atoms with E-state index in [1.54, 1.807) is 0 Å². The topological polar surface area (TPSA) is 46.6 Å². The Morgan fingerprint density at radius 3 is 2.94 bits per heavy atom. The predicted molar refractivity (Wildman–Crippen MR) is 72.2 cm³/mol. The summed E-state index contributed by atoms with van der Waals surface area (Å²) >= 11 is 3.61. The molecular formula is C12H16BrN3O2. The van der Waals surface area contributed by atoms with Crippen LogP contribution in [0, 0.1) is 0 Å². The zero-order chi connectivity index (χ0) is 12.4. The van der Waals surface area contributed by atoms with Crippen molar-refractivity contribution in [1.29, 1.82) is 0 Å². The van der Waals surface area contributed by atoms with E-state index in [1.807, 2.05) is 0 Å². The third kappa shape index (κ3) is 2.46. The molecule has 2 aliphatic heterocycles. The number of hydrogen-bond acceptors (Lipinski definition) is 5. The normalized spacial score (nSPS) is 19.9. The van der Waals surface area contributed by atoms with E-state index in [2.05, 4.69) is 37.2 Å². The zero-order valence-corrected chi connectivity index (χ0v) is 11.7. The van der Waals surface area contributed by atoms with Crippen molar-refractivity contribution in [2.75, 3.05) is 44.4 Å². The molecule has 98 valence electrons. The average molecular weight is 314 g/mol. The van der Waals surface area contributed by atoms with E-state index in [0.29, 0.717) is 6.61 Å². The first kappa shape index (κ1) is 12.2. The molecule has 1 N–H and O–H groups in total. The fraction of sp³-hybridized carbons (Fsp3) is 0.583. The molecule has 0 spiro atoms. The van der Waals surface area contributed by atoms with Gasteiger partial charge in [-0.2, -0.15) is 4.98 Å². The van der Waals surface area contributed by atoms with Crippen LogP contribution in [-0.4, -0.2) is 44.4 Å². The van der Waals surface area contributed by atoms with Crippen LogP contribution in [0.1, 0.15) is 5.56 Å². The fourth-order valence-corrected chi connectivity index (χ4v) is 2.81. The van der Waals surface area contributed by atoms with E-state index >= 15 is 0 Å². The molecule has 1 saturated heterocycles. The van der Waals surface area contributed by atoms with Crippen LogP contribution in [0.3, 0.4) is 0 Å². The predicted octanol–water partition coefficient (Wildman–Crippen LogP) is 1.16. The van der Waals surface area contributed by atoms with E-state index < -0.39 is 0 Å². The van der Waals surface area contributed by atoms with E-state index in [9.17, 15) is 0 Å². The van der Waals surface area contributed by atoms with Crippen molar-refractivity contribution in [3.8, 4) is 5.88 Å². The summed E-state index contributed by atoms with van der Waals surface area (Å²) in [6.45, 7) is 5.61. The molecule has 3 rings (SSSR count). The quantitative estimate of drug-likeness (QED) is 0.843. The van der Waals surface area contributed by atoms with Gasteiger partial charge in [0.1, 0.15) is 12.4 Å². The fourth-order valence-electron chi connectivity index (χ4n) is 2.19. The smallest absolute Gasteiger partial charge is 0.219 e. The number of morpholine rings is 1. The second-order valence-electron chi connectivity index (χ2n) is 4.38. The monoisotopic (exact) mass is 313 g/mol. The molecule has 0 atom stereocenters. The number of anilines is 1. The molecule has 1 aromatic heterocycles. The lowest BCUT2D eigenvalue weighted by Crippen LogP contribution is -2.37. The van der Waals surface area contributed by atoms with Gasteiger partial charge in [0.15, 0.2) is 0 Å². The first-order chi connectivity index (χ1) is 8.84. The Bertz CT molecular complexity index is 436. The maximum Gasteiger partial charge on any atom is 0.219 e. The Balaban J connectivity index is 1.92. The summed E-state index contributed by atoms with van der Waals surface area (Å²) in [4.78, 5) is 6.89. The lowest BCUT2D eigenvalue weighted by atomic mass is 10.2. The van der Waals surface area contributed by atoms with E-state index in [1.165, 1.54) is 0 Å². The highest BCUT2D eigenvalue weighted by Gasteiger charge is 2.19. The van der Waals surface area contributed by atoms with Crippen molar-refractivity contribution in [2.45, 2.75) is 6.54 Å². The minimum atomic E-state index is 0.671. The van der Waals surface area contributed by atoms with Gasteiger partial charge in [-0.1, -0.05) is 0 Å². The Labute approximate surface area is 115 Å². The Hall–Kier alpha value is -0.850. The van der Waals surface area contributed by atoms with E-state index in [0.717, 1.165) is 61.1 Å². The van der Waals surface area contributed by atoms with Gasteiger partial charge >= 0.3 is 0 Å². The van der Waals surface area contributed by atoms with Gasteiger partial charge in [-0.05, 0) is 22.0 Å². The number of pyridine rings is 1. The third-order valence-corrected chi connectivity index (χ3v) is 3.72. The number of halogens is 1. The molecule has 6 heteroatoms.